The van der Waals surface area contributed by atoms with E-state index in [9.17, 15) is 0 Å². The molecule has 0 aliphatic heterocycles. The SMILES string of the molecule is CCOc1ncnc(NC(C)C)c1C. The van der Waals surface area contributed by atoms with E-state index >= 15 is 0 Å². The zero-order chi connectivity index (χ0) is 10.6. The van der Waals surface area contributed by atoms with Crippen molar-refractivity contribution in [1.82, 2.24) is 9.97 Å². The highest BCUT2D eigenvalue weighted by atomic mass is 16.5. The van der Waals surface area contributed by atoms with Crippen LogP contribution in [0.2, 0.25) is 0 Å². The van der Waals surface area contributed by atoms with Crippen LogP contribution >= 0.6 is 0 Å². The number of hydrogen-bond acceptors (Lipinski definition) is 4. The second-order valence-corrected chi connectivity index (χ2v) is 3.38. The molecule has 0 fully saturated rings. The lowest BCUT2D eigenvalue weighted by molar-refractivity contribution is 0.324. The largest absolute Gasteiger partial charge is 0.478 e. The Bertz CT molecular complexity index is 299. The monoisotopic (exact) mass is 195 g/mol. The first-order valence-electron chi connectivity index (χ1n) is 4.86. The van der Waals surface area contributed by atoms with Crippen LogP contribution in [0.3, 0.4) is 0 Å². The molecule has 14 heavy (non-hydrogen) atoms. The molecule has 0 aliphatic carbocycles. The summed E-state index contributed by atoms with van der Waals surface area (Å²) in [6.07, 6.45) is 1.52. The molecule has 0 bridgehead atoms. The van der Waals surface area contributed by atoms with Crippen molar-refractivity contribution >= 4 is 5.82 Å². The lowest BCUT2D eigenvalue weighted by Gasteiger charge is -2.13. The molecule has 78 valence electrons. The number of aromatic nitrogens is 2. The van der Waals surface area contributed by atoms with Crippen molar-refractivity contribution in [1.29, 1.82) is 0 Å². The topological polar surface area (TPSA) is 47.0 Å². The summed E-state index contributed by atoms with van der Waals surface area (Å²) in [7, 11) is 0. The molecule has 0 aromatic carbocycles. The van der Waals surface area contributed by atoms with E-state index in [0.29, 0.717) is 18.5 Å². The summed E-state index contributed by atoms with van der Waals surface area (Å²) in [4.78, 5) is 8.22. The van der Waals surface area contributed by atoms with Crippen molar-refractivity contribution < 1.29 is 4.74 Å². The fraction of sp³-hybridized carbons (Fsp3) is 0.600. The first-order valence-corrected chi connectivity index (χ1v) is 4.86. The molecule has 4 nitrogen and oxygen atoms in total. The van der Waals surface area contributed by atoms with Gasteiger partial charge in [-0.25, -0.2) is 9.97 Å². The summed E-state index contributed by atoms with van der Waals surface area (Å²) in [5.74, 6) is 1.50. The third-order valence-electron chi connectivity index (χ3n) is 1.74. The summed E-state index contributed by atoms with van der Waals surface area (Å²) in [6, 6.07) is 0.359. The van der Waals surface area contributed by atoms with Crippen LogP contribution in [0.25, 0.3) is 0 Å². The molecule has 1 rings (SSSR count). The van der Waals surface area contributed by atoms with Crippen molar-refractivity contribution in [2.24, 2.45) is 0 Å². The van der Waals surface area contributed by atoms with E-state index in [-0.39, 0.29) is 0 Å². The molecule has 0 saturated carbocycles. The summed E-state index contributed by atoms with van der Waals surface area (Å²) in [5, 5.41) is 3.24. The normalized spacial score (nSPS) is 10.4. The lowest BCUT2D eigenvalue weighted by atomic mass is 10.3. The number of hydrogen-bond donors (Lipinski definition) is 1. The van der Waals surface area contributed by atoms with Crippen molar-refractivity contribution in [2.45, 2.75) is 33.7 Å². The average Bonchev–Trinajstić information content (AvgIpc) is 2.11. The first kappa shape index (κ1) is 10.8. The van der Waals surface area contributed by atoms with Crippen LogP contribution in [0.15, 0.2) is 6.33 Å². The van der Waals surface area contributed by atoms with E-state index in [2.05, 4.69) is 29.1 Å². The maximum atomic E-state index is 5.37. The van der Waals surface area contributed by atoms with Gasteiger partial charge < -0.3 is 10.1 Å². The summed E-state index contributed by atoms with van der Waals surface area (Å²) in [5.41, 5.74) is 0.961. The Labute approximate surface area is 84.7 Å². The van der Waals surface area contributed by atoms with Gasteiger partial charge >= 0.3 is 0 Å². The van der Waals surface area contributed by atoms with Gasteiger partial charge in [0.25, 0.3) is 0 Å². The second-order valence-electron chi connectivity index (χ2n) is 3.38. The van der Waals surface area contributed by atoms with E-state index < -0.39 is 0 Å². The smallest absolute Gasteiger partial charge is 0.221 e. The van der Waals surface area contributed by atoms with Gasteiger partial charge in [0.05, 0.1) is 12.2 Å². The molecule has 1 N–H and O–H groups in total. The fourth-order valence-electron chi connectivity index (χ4n) is 1.14. The number of rotatable bonds is 4. The number of nitrogens with one attached hydrogen (secondary N) is 1. The van der Waals surface area contributed by atoms with Crippen molar-refractivity contribution in [3.63, 3.8) is 0 Å². The third kappa shape index (κ3) is 2.58. The molecule has 1 heterocycles. The van der Waals surface area contributed by atoms with Gasteiger partial charge in [0.2, 0.25) is 5.88 Å². The van der Waals surface area contributed by atoms with Gasteiger partial charge in [-0.15, -0.1) is 0 Å². The van der Waals surface area contributed by atoms with E-state index in [1.165, 1.54) is 6.33 Å². The molecule has 0 spiro atoms. The highest BCUT2D eigenvalue weighted by Gasteiger charge is 2.07. The van der Waals surface area contributed by atoms with Crippen molar-refractivity contribution in [3.8, 4) is 5.88 Å². The summed E-state index contributed by atoms with van der Waals surface area (Å²) >= 11 is 0. The van der Waals surface area contributed by atoms with Gasteiger partial charge in [-0.2, -0.15) is 0 Å². The Hall–Kier alpha value is -1.32. The molecular weight excluding hydrogens is 178 g/mol. The number of anilines is 1. The minimum absolute atomic E-state index is 0.359. The van der Waals surface area contributed by atoms with E-state index in [1.54, 1.807) is 0 Å². The van der Waals surface area contributed by atoms with Gasteiger partial charge in [0.1, 0.15) is 12.1 Å². The molecule has 4 heteroatoms. The predicted molar refractivity (Wildman–Crippen MR) is 56.7 cm³/mol. The molecule has 0 amide bonds. The Morgan fingerprint density at radius 2 is 2.14 bits per heavy atom. The van der Waals surface area contributed by atoms with Crippen LogP contribution in [-0.4, -0.2) is 22.6 Å². The Morgan fingerprint density at radius 1 is 1.43 bits per heavy atom. The number of ether oxygens (including phenoxy) is 1. The van der Waals surface area contributed by atoms with Crippen molar-refractivity contribution in [2.75, 3.05) is 11.9 Å². The highest BCUT2D eigenvalue weighted by Crippen LogP contribution is 2.20. The van der Waals surface area contributed by atoms with Gasteiger partial charge in [0.15, 0.2) is 0 Å². The summed E-state index contributed by atoms with van der Waals surface area (Å²) in [6.45, 7) is 8.66. The quantitative estimate of drug-likeness (QED) is 0.798. The molecule has 1 aromatic heterocycles. The minimum atomic E-state index is 0.359. The van der Waals surface area contributed by atoms with Crippen LogP contribution < -0.4 is 10.1 Å². The minimum Gasteiger partial charge on any atom is -0.478 e. The van der Waals surface area contributed by atoms with Crippen LogP contribution in [-0.2, 0) is 0 Å². The predicted octanol–water partition coefficient (Wildman–Crippen LogP) is 2.00. The van der Waals surface area contributed by atoms with Gasteiger partial charge in [-0.05, 0) is 27.7 Å². The zero-order valence-electron chi connectivity index (χ0n) is 9.16. The first-order chi connectivity index (χ1) is 6.65. The maximum absolute atomic E-state index is 5.37. The molecule has 1 aromatic rings. The Kier molecular flexibility index (Phi) is 3.68. The van der Waals surface area contributed by atoms with E-state index in [1.807, 2.05) is 13.8 Å². The van der Waals surface area contributed by atoms with Crippen LogP contribution in [0.5, 0.6) is 5.88 Å². The van der Waals surface area contributed by atoms with E-state index in [4.69, 9.17) is 4.74 Å². The molecule has 0 radical (unpaired) electrons. The molecule has 0 aliphatic rings. The summed E-state index contributed by atoms with van der Waals surface area (Å²) < 4.78 is 5.37. The maximum Gasteiger partial charge on any atom is 0.221 e. The average molecular weight is 195 g/mol. The van der Waals surface area contributed by atoms with Crippen LogP contribution in [0.4, 0.5) is 5.82 Å². The fourth-order valence-corrected chi connectivity index (χ4v) is 1.14. The molecule has 0 unspecified atom stereocenters. The van der Waals surface area contributed by atoms with Crippen LogP contribution in [0, 0.1) is 6.92 Å². The van der Waals surface area contributed by atoms with Gasteiger partial charge in [-0.1, -0.05) is 0 Å². The zero-order valence-corrected chi connectivity index (χ0v) is 9.16. The Morgan fingerprint density at radius 3 is 2.71 bits per heavy atom. The third-order valence-corrected chi connectivity index (χ3v) is 1.74. The van der Waals surface area contributed by atoms with E-state index in [0.717, 1.165) is 11.4 Å². The van der Waals surface area contributed by atoms with Gasteiger partial charge in [0, 0.05) is 6.04 Å². The lowest BCUT2D eigenvalue weighted by Crippen LogP contribution is -2.13. The van der Waals surface area contributed by atoms with Crippen molar-refractivity contribution in [3.05, 3.63) is 11.9 Å². The Balaban J connectivity index is 2.89. The van der Waals surface area contributed by atoms with Gasteiger partial charge in [-0.3, -0.25) is 0 Å². The van der Waals surface area contributed by atoms with Crippen LogP contribution in [0.1, 0.15) is 26.3 Å². The standard InChI is InChI=1S/C10H17N3O/c1-5-14-10-8(4)9(11-6-12-10)13-7(2)3/h6-7H,5H2,1-4H3,(H,11,12,13). The highest BCUT2D eigenvalue weighted by molar-refractivity contribution is 5.47. The molecule has 0 atom stereocenters. The second kappa shape index (κ2) is 4.79. The molecular formula is C10H17N3O. The molecule has 0 saturated heterocycles. The number of nitrogens with zero attached hydrogens (tertiary/aromatic N) is 2.